The molecule has 0 fully saturated rings. The molecule has 6 heteroatoms. The first kappa shape index (κ1) is 19.9. The second-order valence-electron chi connectivity index (χ2n) is 6.47. The minimum absolute atomic E-state index is 0.0467. The standard InChI is InChI=1S/C23H20FN3O2/c1-15-12-17(16(2)27(15)22-7-5-4-6-21(22)24)13-18(14-25)23(28)26-19-8-10-20(29-3)11-9-19/h4-13H,1-3H3,(H,26,28)/b18-13-. The molecule has 0 atom stereocenters. The smallest absolute Gasteiger partial charge is 0.266 e. The zero-order valence-corrected chi connectivity index (χ0v) is 16.4. The van der Waals surface area contributed by atoms with Gasteiger partial charge in [0.25, 0.3) is 5.91 Å². The number of benzene rings is 2. The molecule has 1 amide bonds. The van der Waals surface area contributed by atoms with E-state index in [1.165, 1.54) is 12.1 Å². The van der Waals surface area contributed by atoms with Gasteiger partial charge >= 0.3 is 0 Å². The SMILES string of the molecule is COc1ccc(NC(=O)/C(C#N)=C\c2cc(C)n(-c3ccccc3F)c2C)cc1. The average molecular weight is 389 g/mol. The highest BCUT2D eigenvalue weighted by molar-refractivity contribution is 6.09. The monoisotopic (exact) mass is 389 g/mol. The molecule has 1 heterocycles. The van der Waals surface area contributed by atoms with Crippen molar-refractivity contribution in [1.29, 1.82) is 5.26 Å². The zero-order chi connectivity index (χ0) is 21.0. The molecule has 3 rings (SSSR count). The van der Waals surface area contributed by atoms with Crippen molar-refractivity contribution in [3.05, 3.63) is 82.9 Å². The number of carbonyl (C=O) groups is 1. The molecule has 1 N–H and O–H groups in total. The van der Waals surface area contributed by atoms with Crippen LogP contribution in [0, 0.1) is 31.0 Å². The van der Waals surface area contributed by atoms with Crippen molar-refractivity contribution in [2.75, 3.05) is 12.4 Å². The van der Waals surface area contributed by atoms with E-state index in [9.17, 15) is 14.4 Å². The Labute approximate surface area is 168 Å². The van der Waals surface area contributed by atoms with Crippen LogP contribution < -0.4 is 10.1 Å². The topological polar surface area (TPSA) is 67.0 Å². The van der Waals surface area contributed by atoms with E-state index in [1.807, 2.05) is 26.0 Å². The molecule has 0 spiro atoms. The van der Waals surface area contributed by atoms with Gasteiger partial charge in [0.1, 0.15) is 23.2 Å². The molecule has 2 aromatic carbocycles. The molecule has 0 aliphatic rings. The summed E-state index contributed by atoms with van der Waals surface area (Å²) in [6.07, 6.45) is 1.51. The fourth-order valence-corrected chi connectivity index (χ4v) is 3.11. The zero-order valence-electron chi connectivity index (χ0n) is 16.4. The predicted molar refractivity (Wildman–Crippen MR) is 110 cm³/mol. The summed E-state index contributed by atoms with van der Waals surface area (Å²) in [5.74, 6) is -0.199. The van der Waals surface area contributed by atoms with Crippen LogP contribution in [0.3, 0.4) is 0 Å². The van der Waals surface area contributed by atoms with Crippen molar-refractivity contribution in [2.24, 2.45) is 0 Å². The number of ether oxygens (including phenoxy) is 1. The summed E-state index contributed by atoms with van der Waals surface area (Å²) in [6.45, 7) is 3.67. The van der Waals surface area contributed by atoms with Crippen LogP contribution in [-0.2, 0) is 4.79 Å². The molecule has 0 aliphatic heterocycles. The van der Waals surface area contributed by atoms with Crippen molar-refractivity contribution in [1.82, 2.24) is 4.57 Å². The number of hydrogen-bond donors (Lipinski definition) is 1. The summed E-state index contributed by atoms with van der Waals surface area (Å²) < 4.78 is 21.1. The predicted octanol–water partition coefficient (Wildman–Crippen LogP) is 4.79. The third-order valence-corrected chi connectivity index (χ3v) is 4.58. The second kappa shape index (κ2) is 8.44. The van der Waals surface area contributed by atoms with Crippen molar-refractivity contribution < 1.29 is 13.9 Å². The summed E-state index contributed by atoms with van der Waals surface area (Å²) in [6, 6.07) is 17.0. The molecule has 146 valence electrons. The van der Waals surface area contributed by atoms with Crippen molar-refractivity contribution >= 4 is 17.7 Å². The quantitative estimate of drug-likeness (QED) is 0.504. The average Bonchev–Trinajstić information content (AvgIpc) is 3.00. The second-order valence-corrected chi connectivity index (χ2v) is 6.47. The molecule has 3 aromatic rings. The van der Waals surface area contributed by atoms with Crippen LogP contribution in [0.25, 0.3) is 11.8 Å². The molecule has 29 heavy (non-hydrogen) atoms. The number of para-hydroxylation sites is 1. The minimum atomic E-state index is -0.520. The van der Waals surface area contributed by atoms with E-state index in [4.69, 9.17) is 4.74 Å². The van der Waals surface area contributed by atoms with E-state index in [-0.39, 0.29) is 11.4 Å². The first-order chi connectivity index (χ1) is 13.9. The van der Waals surface area contributed by atoms with Crippen LogP contribution in [0.4, 0.5) is 10.1 Å². The Morgan fingerprint density at radius 2 is 1.86 bits per heavy atom. The molecule has 0 aliphatic carbocycles. The van der Waals surface area contributed by atoms with Gasteiger partial charge in [-0.3, -0.25) is 4.79 Å². The lowest BCUT2D eigenvalue weighted by Gasteiger charge is -2.10. The lowest BCUT2D eigenvalue weighted by molar-refractivity contribution is -0.112. The Hall–Kier alpha value is -3.85. The summed E-state index contributed by atoms with van der Waals surface area (Å²) in [4.78, 5) is 12.5. The number of nitrogens with zero attached hydrogens (tertiary/aromatic N) is 2. The van der Waals surface area contributed by atoms with Crippen LogP contribution in [0.2, 0.25) is 0 Å². The van der Waals surface area contributed by atoms with Crippen LogP contribution in [0.15, 0.2) is 60.2 Å². The molecule has 0 unspecified atom stereocenters. The number of nitriles is 1. The largest absolute Gasteiger partial charge is 0.497 e. The Bertz CT molecular complexity index is 1120. The molecular formula is C23H20FN3O2. The first-order valence-corrected chi connectivity index (χ1v) is 8.95. The number of halogens is 1. The van der Waals surface area contributed by atoms with Gasteiger partial charge < -0.3 is 14.6 Å². The molecule has 0 saturated heterocycles. The van der Waals surface area contributed by atoms with Gasteiger partial charge in [0, 0.05) is 17.1 Å². The molecule has 0 saturated carbocycles. The lowest BCUT2D eigenvalue weighted by atomic mass is 10.1. The Kier molecular flexibility index (Phi) is 5.79. The molecule has 1 aromatic heterocycles. The fraction of sp³-hybridized carbons (Fsp3) is 0.130. The van der Waals surface area contributed by atoms with E-state index in [0.717, 1.165) is 11.4 Å². The highest BCUT2D eigenvalue weighted by atomic mass is 19.1. The third-order valence-electron chi connectivity index (χ3n) is 4.58. The van der Waals surface area contributed by atoms with Crippen LogP contribution in [0.5, 0.6) is 5.75 Å². The molecular weight excluding hydrogens is 369 g/mol. The number of methoxy groups -OCH3 is 1. The van der Waals surface area contributed by atoms with Gasteiger partial charge in [-0.1, -0.05) is 12.1 Å². The third kappa shape index (κ3) is 4.19. The maximum Gasteiger partial charge on any atom is 0.266 e. The van der Waals surface area contributed by atoms with E-state index in [2.05, 4.69) is 5.32 Å². The Morgan fingerprint density at radius 1 is 1.17 bits per heavy atom. The lowest BCUT2D eigenvalue weighted by Crippen LogP contribution is -2.13. The van der Waals surface area contributed by atoms with Gasteiger partial charge in [0.2, 0.25) is 0 Å². The summed E-state index contributed by atoms with van der Waals surface area (Å²) in [7, 11) is 1.56. The van der Waals surface area contributed by atoms with Gasteiger partial charge in [0.15, 0.2) is 0 Å². The summed E-state index contributed by atoms with van der Waals surface area (Å²) >= 11 is 0. The fourth-order valence-electron chi connectivity index (χ4n) is 3.11. The van der Waals surface area contributed by atoms with Crippen molar-refractivity contribution in [2.45, 2.75) is 13.8 Å². The van der Waals surface area contributed by atoms with E-state index in [1.54, 1.807) is 54.1 Å². The molecule has 5 nitrogen and oxygen atoms in total. The summed E-state index contributed by atoms with van der Waals surface area (Å²) in [5, 5.41) is 12.2. The number of hydrogen-bond acceptors (Lipinski definition) is 3. The minimum Gasteiger partial charge on any atom is -0.497 e. The van der Waals surface area contributed by atoms with E-state index in [0.29, 0.717) is 22.7 Å². The number of carbonyl (C=O) groups excluding carboxylic acids is 1. The number of anilines is 1. The van der Waals surface area contributed by atoms with Crippen molar-refractivity contribution in [3.63, 3.8) is 0 Å². The van der Waals surface area contributed by atoms with Gasteiger partial charge in [-0.05, 0) is 68.0 Å². The highest BCUT2D eigenvalue weighted by Gasteiger charge is 2.15. The van der Waals surface area contributed by atoms with Crippen molar-refractivity contribution in [3.8, 4) is 17.5 Å². The number of aryl methyl sites for hydroxylation is 1. The maximum absolute atomic E-state index is 14.2. The van der Waals surface area contributed by atoms with Crippen LogP contribution in [0.1, 0.15) is 17.0 Å². The maximum atomic E-state index is 14.2. The Morgan fingerprint density at radius 3 is 2.48 bits per heavy atom. The van der Waals surface area contributed by atoms with Gasteiger partial charge in [-0.15, -0.1) is 0 Å². The van der Waals surface area contributed by atoms with E-state index >= 15 is 0 Å². The normalized spacial score (nSPS) is 11.1. The summed E-state index contributed by atoms with van der Waals surface area (Å²) in [5.41, 5.74) is 3.13. The highest BCUT2D eigenvalue weighted by Crippen LogP contribution is 2.25. The number of nitrogens with one attached hydrogen (secondary N) is 1. The molecule has 0 bridgehead atoms. The van der Waals surface area contributed by atoms with Gasteiger partial charge in [0.05, 0.1) is 12.8 Å². The van der Waals surface area contributed by atoms with Gasteiger partial charge in [-0.2, -0.15) is 5.26 Å². The number of aromatic nitrogens is 1. The van der Waals surface area contributed by atoms with Gasteiger partial charge in [-0.25, -0.2) is 4.39 Å². The Balaban J connectivity index is 1.91. The van der Waals surface area contributed by atoms with Crippen LogP contribution >= 0.6 is 0 Å². The number of amides is 1. The first-order valence-electron chi connectivity index (χ1n) is 8.95. The number of rotatable bonds is 5. The molecule has 0 radical (unpaired) electrons. The van der Waals surface area contributed by atoms with E-state index < -0.39 is 5.91 Å². The van der Waals surface area contributed by atoms with Crippen LogP contribution in [-0.4, -0.2) is 17.6 Å².